The van der Waals surface area contributed by atoms with Gasteiger partial charge in [0.25, 0.3) is 0 Å². The van der Waals surface area contributed by atoms with Crippen LogP contribution >= 0.6 is 0 Å². The van der Waals surface area contributed by atoms with E-state index in [0.717, 1.165) is 0 Å². The van der Waals surface area contributed by atoms with Crippen molar-refractivity contribution >= 4 is 22.7 Å². The Hall–Kier alpha value is -2.11. The van der Waals surface area contributed by atoms with E-state index in [0.29, 0.717) is 16.7 Å². The van der Waals surface area contributed by atoms with E-state index in [2.05, 4.69) is 19.9 Å². The van der Waals surface area contributed by atoms with Crippen molar-refractivity contribution in [1.29, 1.82) is 0 Å². The third-order valence-corrected chi connectivity index (χ3v) is 1.87. The van der Waals surface area contributed by atoms with Gasteiger partial charge in [0, 0.05) is 5.39 Å². The fraction of sp³-hybridized carbons (Fsp3) is 0.125. The SMILES string of the molecule is COC(=O)c1cc2c(N)n[nH]c2cn1. The number of aromatic nitrogens is 3. The van der Waals surface area contributed by atoms with Crippen LogP contribution in [0.15, 0.2) is 12.3 Å². The van der Waals surface area contributed by atoms with Crippen LogP contribution in [0.4, 0.5) is 5.82 Å². The summed E-state index contributed by atoms with van der Waals surface area (Å²) in [6.45, 7) is 0. The van der Waals surface area contributed by atoms with Gasteiger partial charge in [-0.3, -0.25) is 5.10 Å². The maximum Gasteiger partial charge on any atom is 0.356 e. The van der Waals surface area contributed by atoms with Gasteiger partial charge in [0.05, 0.1) is 18.8 Å². The molecule has 2 aromatic heterocycles. The van der Waals surface area contributed by atoms with Crippen LogP contribution in [0.1, 0.15) is 10.5 Å². The molecule has 0 saturated carbocycles. The summed E-state index contributed by atoms with van der Waals surface area (Å²) in [6.07, 6.45) is 1.49. The van der Waals surface area contributed by atoms with Gasteiger partial charge in [-0.25, -0.2) is 9.78 Å². The Kier molecular flexibility index (Phi) is 1.81. The molecule has 0 atom stereocenters. The van der Waals surface area contributed by atoms with Crippen molar-refractivity contribution in [2.45, 2.75) is 0 Å². The maximum absolute atomic E-state index is 11.1. The van der Waals surface area contributed by atoms with E-state index >= 15 is 0 Å². The van der Waals surface area contributed by atoms with E-state index in [1.165, 1.54) is 13.3 Å². The number of esters is 1. The minimum absolute atomic E-state index is 0.216. The number of anilines is 1. The predicted octanol–water partition coefficient (Wildman–Crippen LogP) is 0.327. The summed E-state index contributed by atoms with van der Waals surface area (Å²) >= 11 is 0. The number of nitrogen functional groups attached to an aromatic ring is 1. The molecule has 0 radical (unpaired) electrons. The Bertz CT molecular complexity index is 491. The lowest BCUT2D eigenvalue weighted by atomic mass is 10.2. The molecule has 0 unspecified atom stereocenters. The number of carbonyl (C=O) groups is 1. The molecule has 72 valence electrons. The number of aromatic amines is 1. The zero-order valence-electron chi connectivity index (χ0n) is 7.44. The summed E-state index contributed by atoms with van der Waals surface area (Å²) in [5, 5.41) is 7.13. The first-order chi connectivity index (χ1) is 6.72. The Balaban J connectivity index is 2.60. The van der Waals surface area contributed by atoms with Gasteiger partial charge in [-0.2, -0.15) is 5.10 Å². The average molecular weight is 192 g/mol. The molecule has 6 heteroatoms. The summed E-state index contributed by atoms with van der Waals surface area (Å²) in [7, 11) is 1.30. The smallest absolute Gasteiger partial charge is 0.356 e. The molecule has 0 fully saturated rings. The molecular formula is C8H8N4O2. The van der Waals surface area contributed by atoms with Crippen molar-refractivity contribution in [3.8, 4) is 0 Å². The number of nitrogens with zero attached hydrogens (tertiary/aromatic N) is 2. The van der Waals surface area contributed by atoms with Crippen molar-refractivity contribution in [3.63, 3.8) is 0 Å². The van der Waals surface area contributed by atoms with Crippen LogP contribution in [0.3, 0.4) is 0 Å². The maximum atomic E-state index is 11.1. The predicted molar refractivity (Wildman–Crippen MR) is 49.6 cm³/mol. The highest BCUT2D eigenvalue weighted by Gasteiger charge is 2.10. The summed E-state index contributed by atoms with van der Waals surface area (Å²) in [6, 6.07) is 1.54. The van der Waals surface area contributed by atoms with Gasteiger partial charge in [-0.15, -0.1) is 0 Å². The normalized spacial score (nSPS) is 10.4. The Morgan fingerprint density at radius 3 is 3.14 bits per heavy atom. The van der Waals surface area contributed by atoms with Crippen molar-refractivity contribution in [2.75, 3.05) is 12.8 Å². The molecule has 0 amide bonds. The van der Waals surface area contributed by atoms with E-state index in [4.69, 9.17) is 5.73 Å². The Morgan fingerprint density at radius 1 is 1.64 bits per heavy atom. The van der Waals surface area contributed by atoms with Gasteiger partial charge >= 0.3 is 5.97 Å². The molecule has 0 aliphatic rings. The number of nitrogens with two attached hydrogens (primary N) is 1. The number of fused-ring (bicyclic) bond motifs is 1. The van der Waals surface area contributed by atoms with E-state index in [-0.39, 0.29) is 5.69 Å². The number of methoxy groups -OCH3 is 1. The van der Waals surface area contributed by atoms with E-state index in [1.54, 1.807) is 6.07 Å². The molecule has 2 heterocycles. The second-order valence-electron chi connectivity index (χ2n) is 2.72. The monoisotopic (exact) mass is 192 g/mol. The van der Waals surface area contributed by atoms with Crippen molar-refractivity contribution in [1.82, 2.24) is 15.2 Å². The van der Waals surface area contributed by atoms with Crippen molar-refractivity contribution < 1.29 is 9.53 Å². The Morgan fingerprint density at radius 2 is 2.43 bits per heavy atom. The van der Waals surface area contributed by atoms with Crippen molar-refractivity contribution in [3.05, 3.63) is 18.0 Å². The van der Waals surface area contributed by atoms with Gasteiger partial charge in [0.2, 0.25) is 0 Å². The topological polar surface area (TPSA) is 93.9 Å². The van der Waals surface area contributed by atoms with Gasteiger partial charge in [0.1, 0.15) is 5.69 Å². The molecule has 14 heavy (non-hydrogen) atoms. The van der Waals surface area contributed by atoms with Gasteiger partial charge < -0.3 is 10.5 Å². The lowest BCUT2D eigenvalue weighted by molar-refractivity contribution is 0.0594. The second-order valence-corrected chi connectivity index (χ2v) is 2.72. The third-order valence-electron chi connectivity index (χ3n) is 1.87. The third kappa shape index (κ3) is 1.17. The molecule has 6 nitrogen and oxygen atoms in total. The van der Waals surface area contributed by atoms with Crippen LogP contribution in [-0.2, 0) is 4.74 Å². The molecule has 2 aromatic rings. The zero-order valence-corrected chi connectivity index (χ0v) is 7.44. The summed E-state index contributed by atoms with van der Waals surface area (Å²) in [5.41, 5.74) is 6.47. The first-order valence-electron chi connectivity index (χ1n) is 3.90. The van der Waals surface area contributed by atoms with E-state index in [1.807, 2.05) is 0 Å². The van der Waals surface area contributed by atoms with Crippen LogP contribution in [0.5, 0.6) is 0 Å². The quantitative estimate of drug-likeness (QED) is 0.635. The fourth-order valence-corrected chi connectivity index (χ4v) is 1.15. The van der Waals surface area contributed by atoms with Crippen LogP contribution in [0.25, 0.3) is 10.9 Å². The molecule has 0 spiro atoms. The highest BCUT2D eigenvalue weighted by molar-refractivity contribution is 5.95. The molecule has 0 aliphatic heterocycles. The fourth-order valence-electron chi connectivity index (χ4n) is 1.15. The van der Waals surface area contributed by atoms with E-state index < -0.39 is 5.97 Å². The van der Waals surface area contributed by atoms with Gasteiger partial charge in [0.15, 0.2) is 5.82 Å². The highest BCUT2D eigenvalue weighted by Crippen LogP contribution is 2.17. The number of rotatable bonds is 1. The average Bonchev–Trinajstić information content (AvgIpc) is 2.59. The lowest BCUT2D eigenvalue weighted by Gasteiger charge is -1.97. The summed E-state index contributed by atoms with van der Waals surface area (Å²) in [4.78, 5) is 15.0. The number of carbonyl (C=O) groups excluding carboxylic acids is 1. The summed E-state index contributed by atoms with van der Waals surface area (Å²) < 4.78 is 4.53. The molecule has 0 aliphatic carbocycles. The largest absolute Gasteiger partial charge is 0.464 e. The highest BCUT2D eigenvalue weighted by atomic mass is 16.5. The Labute approximate surface area is 79.1 Å². The van der Waals surface area contributed by atoms with Crippen LogP contribution in [-0.4, -0.2) is 28.3 Å². The van der Waals surface area contributed by atoms with E-state index in [9.17, 15) is 4.79 Å². The minimum Gasteiger partial charge on any atom is -0.464 e. The lowest BCUT2D eigenvalue weighted by Crippen LogP contribution is -2.03. The second kappa shape index (κ2) is 2.99. The number of pyridine rings is 1. The molecule has 0 bridgehead atoms. The standard InChI is InChI=1S/C8H8N4O2/c1-14-8(13)5-2-4-6(3-10-5)11-12-7(4)9/h2-3H,1H3,(H3,9,11,12). The minimum atomic E-state index is -0.493. The number of hydrogen-bond donors (Lipinski definition) is 2. The molecule has 3 N–H and O–H groups in total. The van der Waals surface area contributed by atoms with Crippen LogP contribution in [0.2, 0.25) is 0 Å². The number of H-pyrrole nitrogens is 1. The molecule has 0 aromatic carbocycles. The first kappa shape index (κ1) is 8.49. The van der Waals surface area contributed by atoms with Gasteiger partial charge in [-0.1, -0.05) is 0 Å². The van der Waals surface area contributed by atoms with Gasteiger partial charge in [-0.05, 0) is 6.07 Å². The van der Waals surface area contributed by atoms with Crippen LogP contribution < -0.4 is 5.73 Å². The summed E-state index contributed by atoms with van der Waals surface area (Å²) in [5.74, 6) is -0.153. The number of hydrogen-bond acceptors (Lipinski definition) is 5. The van der Waals surface area contributed by atoms with Crippen LogP contribution in [0, 0.1) is 0 Å². The molecule has 0 saturated heterocycles. The molecule has 2 rings (SSSR count). The molecular weight excluding hydrogens is 184 g/mol. The zero-order chi connectivity index (χ0) is 10.1. The number of ether oxygens (including phenoxy) is 1. The first-order valence-corrected chi connectivity index (χ1v) is 3.90. The van der Waals surface area contributed by atoms with Crippen molar-refractivity contribution in [2.24, 2.45) is 0 Å². The number of nitrogens with one attached hydrogen (secondary N) is 1.